The van der Waals surface area contributed by atoms with E-state index in [1.54, 1.807) is 18.9 Å². The molecule has 6 rings (SSSR count). The highest BCUT2D eigenvalue weighted by molar-refractivity contribution is 8.00. The number of benzene rings is 3. The normalized spacial score (nSPS) is 17.2. The van der Waals surface area contributed by atoms with Crippen LogP contribution in [0.3, 0.4) is 0 Å². The molecule has 1 unspecified atom stereocenters. The topological polar surface area (TPSA) is 76.7 Å². The van der Waals surface area contributed by atoms with E-state index in [4.69, 9.17) is 25.2 Å². The SMILES string of the molecule is COc1cc2c(N)nc(C3Sc4ccccc4N3c3c(C)cc(C)cc3C)nc2cc1OCCCN1CCCCC1. The highest BCUT2D eigenvalue weighted by Crippen LogP contribution is 2.55. The van der Waals surface area contributed by atoms with Gasteiger partial charge in [0.05, 0.1) is 24.9 Å². The van der Waals surface area contributed by atoms with Gasteiger partial charge in [0.15, 0.2) is 17.3 Å². The molecule has 1 fully saturated rings. The quantitative estimate of drug-likeness (QED) is 0.221. The van der Waals surface area contributed by atoms with Crippen molar-refractivity contribution >= 4 is 39.9 Å². The molecule has 0 spiro atoms. The number of thioether (sulfide) groups is 1. The molecular formula is C33H39N5O2S. The zero-order chi connectivity index (χ0) is 28.5. The molecule has 214 valence electrons. The maximum Gasteiger partial charge on any atom is 0.164 e. The number of nitrogens with zero attached hydrogens (tertiary/aromatic N) is 4. The molecule has 2 aliphatic heterocycles. The Morgan fingerprint density at radius 2 is 1.71 bits per heavy atom. The molecule has 1 saturated heterocycles. The van der Waals surface area contributed by atoms with Gasteiger partial charge in [0.2, 0.25) is 0 Å². The number of aryl methyl sites for hydroxylation is 3. The van der Waals surface area contributed by atoms with Crippen molar-refractivity contribution in [2.24, 2.45) is 0 Å². The molecule has 1 aromatic heterocycles. The maximum absolute atomic E-state index is 6.59. The smallest absolute Gasteiger partial charge is 0.164 e. The monoisotopic (exact) mass is 569 g/mol. The lowest BCUT2D eigenvalue weighted by atomic mass is 10.0. The second-order valence-corrected chi connectivity index (χ2v) is 12.3. The predicted molar refractivity (Wildman–Crippen MR) is 169 cm³/mol. The van der Waals surface area contributed by atoms with Crippen molar-refractivity contribution in [3.8, 4) is 11.5 Å². The number of fused-ring (bicyclic) bond motifs is 2. The first-order valence-electron chi connectivity index (χ1n) is 14.6. The Morgan fingerprint density at radius 1 is 0.951 bits per heavy atom. The van der Waals surface area contributed by atoms with Gasteiger partial charge in [-0.3, -0.25) is 0 Å². The van der Waals surface area contributed by atoms with Gasteiger partial charge in [-0.2, -0.15) is 0 Å². The molecule has 3 aromatic carbocycles. The van der Waals surface area contributed by atoms with Gasteiger partial charge in [-0.1, -0.05) is 48.0 Å². The Kier molecular flexibility index (Phi) is 7.95. The van der Waals surface area contributed by atoms with E-state index in [-0.39, 0.29) is 5.37 Å². The van der Waals surface area contributed by atoms with Gasteiger partial charge in [-0.05, 0) is 82.4 Å². The minimum Gasteiger partial charge on any atom is -0.493 e. The van der Waals surface area contributed by atoms with E-state index in [2.05, 4.69) is 67.0 Å². The van der Waals surface area contributed by atoms with E-state index < -0.39 is 0 Å². The van der Waals surface area contributed by atoms with E-state index in [9.17, 15) is 0 Å². The number of ether oxygens (including phenoxy) is 2. The van der Waals surface area contributed by atoms with Gasteiger partial charge >= 0.3 is 0 Å². The summed E-state index contributed by atoms with van der Waals surface area (Å²) in [5.74, 6) is 2.45. The van der Waals surface area contributed by atoms with Crippen LogP contribution in [-0.2, 0) is 0 Å². The van der Waals surface area contributed by atoms with E-state index in [0.717, 1.165) is 29.6 Å². The van der Waals surface area contributed by atoms with Gasteiger partial charge in [0.1, 0.15) is 11.2 Å². The van der Waals surface area contributed by atoms with Crippen molar-refractivity contribution in [3.05, 3.63) is 71.0 Å². The molecule has 2 aliphatic rings. The van der Waals surface area contributed by atoms with Crippen LogP contribution in [0.25, 0.3) is 10.9 Å². The number of hydrogen-bond donors (Lipinski definition) is 1. The highest BCUT2D eigenvalue weighted by Gasteiger charge is 2.36. The first-order chi connectivity index (χ1) is 19.9. The number of piperidine rings is 1. The summed E-state index contributed by atoms with van der Waals surface area (Å²) < 4.78 is 11.9. The number of nitrogen functional groups attached to an aromatic ring is 1. The molecule has 8 heteroatoms. The summed E-state index contributed by atoms with van der Waals surface area (Å²) in [6, 6.07) is 16.8. The molecule has 0 amide bonds. The molecule has 41 heavy (non-hydrogen) atoms. The largest absolute Gasteiger partial charge is 0.493 e. The van der Waals surface area contributed by atoms with Gasteiger partial charge in [-0.25, -0.2) is 9.97 Å². The van der Waals surface area contributed by atoms with Crippen molar-refractivity contribution < 1.29 is 9.47 Å². The number of para-hydroxylation sites is 1. The standard InChI is InChI=1S/C33H39N5O2S/c1-21-17-22(2)30(23(3)18-21)38-26-11-6-7-12-29(26)41-33(38)32-35-25-20-28(27(39-4)19-24(25)31(34)36-32)40-16-10-15-37-13-8-5-9-14-37/h6-7,11-12,17-20,33H,5,8-10,13-16H2,1-4H3,(H2,34,35,36). The van der Waals surface area contributed by atoms with Crippen molar-refractivity contribution in [1.82, 2.24) is 14.9 Å². The van der Waals surface area contributed by atoms with Crippen LogP contribution in [0.4, 0.5) is 17.2 Å². The molecule has 4 aromatic rings. The zero-order valence-electron chi connectivity index (χ0n) is 24.4. The fraction of sp³-hybridized carbons (Fsp3) is 0.394. The first-order valence-corrected chi connectivity index (χ1v) is 15.4. The minimum atomic E-state index is -0.157. The van der Waals surface area contributed by atoms with Crippen molar-refractivity contribution in [2.75, 3.05) is 44.0 Å². The van der Waals surface area contributed by atoms with E-state index in [0.29, 0.717) is 29.7 Å². The first kappa shape index (κ1) is 27.7. The highest BCUT2D eigenvalue weighted by atomic mass is 32.2. The molecule has 7 nitrogen and oxygen atoms in total. The van der Waals surface area contributed by atoms with E-state index in [1.807, 2.05) is 12.1 Å². The maximum atomic E-state index is 6.59. The molecule has 0 bridgehead atoms. The fourth-order valence-corrected chi connectivity index (χ4v) is 7.45. The molecule has 2 N–H and O–H groups in total. The third kappa shape index (κ3) is 5.55. The molecule has 0 radical (unpaired) electrons. The molecule has 0 saturated carbocycles. The van der Waals surface area contributed by atoms with Crippen LogP contribution in [0, 0.1) is 20.8 Å². The fourth-order valence-electron chi connectivity index (χ4n) is 6.23. The Hall–Kier alpha value is -3.49. The van der Waals surface area contributed by atoms with Crippen LogP contribution in [0.5, 0.6) is 11.5 Å². The van der Waals surface area contributed by atoms with Gasteiger partial charge in [0.25, 0.3) is 0 Å². The van der Waals surface area contributed by atoms with Crippen LogP contribution < -0.4 is 20.1 Å². The lowest BCUT2D eigenvalue weighted by Crippen LogP contribution is -2.31. The average Bonchev–Trinajstić information content (AvgIpc) is 3.34. The predicted octanol–water partition coefficient (Wildman–Crippen LogP) is 7.34. The third-order valence-corrected chi connectivity index (χ3v) is 9.29. The minimum absolute atomic E-state index is 0.157. The Morgan fingerprint density at radius 3 is 2.46 bits per heavy atom. The summed E-state index contributed by atoms with van der Waals surface area (Å²) in [5.41, 5.74) is 13.4. The summed E-state index contributed by atoms with van der Waals surface area (Å²) in [4.78, 5) is 16.0. The van der Waals surface area contributed by atoms with Crippen LogP contribution in [0.15, 0.2) is 53.4 Å². The van der Waals surface area contributed by atoms with Gasteiger partial charge in [-0.15, -0.1) is 0 Å². The van der Waals surface area contributed by atoms with E-state index in [1.165, 1.54) is 59.6 Å². The van der Waals surface area contributed by atoms with Crippen LogP contribution in [0.1, 0.15) is 53.6 Å². The lowest BCUT2D eigenvalue weighted by molar-refractivity contribution is 0.203. The molecular weight excluding hydrogens is 530 g/mol. The van der Waals surface area contributed by atoms with Gasteiger partial charge < -0.3 is 25.0 Å². The second kappa shape index (κ2) is 11.8. The Balaban J connectivity index is 1.33. The number of anilines is 3. The van der Waals surface area contributed by atoms with Crippen molar-refractivity contribution in [1.29, 1.82) is 0 Å². The summed E-state index contributed by atoms with van der Waals surface area (Å²) in [5, 5.41) is 0.608. The average molecular weight is 570 g/mol. The summed E-state index contributed by atoms with van der Waals surface area (Å²) in [7, 11) is 1.66. The number of aromatic nitrogens is 2. The summed E-state index contributed by atoms with van der Waals surface area (Å²) in [6.45, 7) is 10.6. The number of rotatable bonds is 8. The third-order valence-electron chi connectivity index (χ3n) is 8.05. The number of likely N-dealkylation sites (tertiary alicyclic amines) is 1. The molecule has 0 aliphatic carbocycles. The van der Waals surface area contributed by atoms with Crippen molar-refractivity contribution in [3.63, 3.8) is 0 Å². The van der Waals surface area contributed by atoms with E-state index >= 15 is 0 Å². The van der Waals surface area contributed by atoms with Crippen LogP contribution in [0.2, 0.25) is 0 Å². The molecule has 3 heterocycles. The Labute approximate surface area is 247 Å². The Bertz CT molecular complexity index is 1550. The van der Waals surface area contributed by atoms with Crippen LogP contribution >= 0.6 is 11.8 Å². The van der Waals surface area contributed by atoms with Crippen molar-refractivity contribution in [2.45, 2.75) is 56.7 Å². The van der Waals surface area contributed by atoms with Crippen LogP contribution in [-0.4, -0.2) is 48.2 Å². The number of hydrogen-bond acceptors (Lipinski definition) is 8. The second-order valence-electron chi connectivity index (χ2n) is 11.1. The number of nitrogens with two attached hydrogens (primary N) is 1. The zero-order valence-corrected chi connectivity index (χ0v) is 25.3. The van der Waals surface area contributed by atoms with Gasteiger partial charge in [0, 0.05) is 28.6 Å². The summed E-state index contributed by atoms with van der Waals surface area (Å²) >= 11 is 1.76. The summed E-state index contributed by atoms with van der Waals surface area (Å²) in [6.07, 6.45) is 4.92. The number of methoxy groups -OCH3 is 1. The lowest BCUT2D eigenvalue weighted by Gasteiger charge is -2.29. The molecule has 1 atom stereocenters.